The van der Waals surface area contributed by atoms with Crippen molar-refractivity contribution in [2.75, 3.05) is 67.2 Å². The van der Waals surface area contributed by atoms with Crippen LogP contribution in [0.1, 0.15) is 10.4 Å². The van der Waals surface area contributed by atoms with Crippen LogP contribution in [0.25, 0.3) is 0 Å². The second-order valence-corrected chi connectivity index (χ2v) is 7.23. The second kappa shape index (κ2) is 11.0. The molecule has 0 spiro atoms. The van der Waals surface area contributed by atoms with Gasteiger partial charge in [-0.15, -0.1) is 0 Å². The van der Waals surface area contributed by atoms with Crippen LogP contribution in [0.4, 0.5) is 4.39 Å². The van der Waals surface area contributed by atoms with E-state index in [0.717, 1.165) is 26.2 Å². The number of benzene rings is 2. The number of carbonyl (C=O) groups is 1. The van der Waals surface area contributed by atoms with Crippen LogP contribution in [0, 0.1) is 5.82 Å². The first-order valence-electron chi connectivity index (χ1n) is 10.2. The summed E-state index contributed by atoms with van der Waals surface area (Å²) >= 11 is 0. The number of halogens is 1. The average molecular weight is 432 g/mol. The van der Waals surface area contributed by atoms with Crippen molar-refractivity contribution in [3.63, 3.8) is 0 Å². The molecule has 0 aromatic heterocycles. The van der Waals surface area contributed by atoms with Crippen molar-refractivity contribution in [3.8, 4) is 23.0 Å². The van der Waals surface area contributed by atoms with E-state index in [1.54, 1.807) is 30.3 Å². The molecular formula is C23H29FN2O5. The molecule has 1 heterocycles. The molecule has 0 saturated carbocycles. The SMILES string of the molecule is COc1cc(C(=O)CN2CCN(CCOc3ccccc3F)CC2)cc(OC)c1OC. The highest BCUT2D eigenvalue weighted by Gasteiger charge is 2.22. The summed E-state index contributed by atoms with van der Waals surface area (Å²) in [4.78, 5) is 17.2. The maximum Gasteiger partial charge on any atom is 0.203 e. The van der Waals surface area contributed by atoms with Gasteiger partial charge in [0.15, 0.2) is 28.8 Å². The molecule has 2 aromatic rings. The van der Waals surface area contributed by atoms with Crippen LogP contribution >= 0.6 is 0 Å². The molecule has 0 atom stereocenters. The van der Waals surface area contributed by atoms with Crippen LogP contribution in [0.2, 0.25) is 0 Å². The quantitative estimate of drug-likeness (QED) is 0.535. The number of piperazine rings is 1. The summed E-state index contributed by atoms with van der Waals surface area (Å²) in [6.07, 6.45) is 0. The molecule has 3 rings (SSSR count). The summed E-state index contributed by atoms with van der Waals surface area (Å²) in [7, 11) is 4.59. The smallest absolute Gasteiger partial charge is 0.203 e. The average Bonchev–Trinajstić information content (AvgIpc) is 2.80. The number of hydrogen-bond donors (Lipinski definition) is 0. The van der Waals surface area contributed by atoms with Gasteiger partial charge in [-0.05, 0) is 24.3 Å². The normalized spacial score (nSPS) is 14.8. The van der Waals surface area contributed by atoms with Crippen molar-refractivity contribution < 1.29 is 28.1 Å². The Labute approximate surface area is 182 Å². The maximum absolute atomic E-state index is 13.6. The summed E-state index contributed by atoms with van der Waals surface area (Å²) in [5.41, 5.74) is 0.523. The number of carbonyl (C=O) groups excluding carboxylic acids is 1. The molecule has 1 aliphatic rings. The lowest BCUT2D eigenvalue weighted by Gasteiger charge is -2.34. The molecule has 2 aromatic carbocycles. The van der Waals surface area contributed by atoms with Gasteiger partial charge in [-0.2, -0.15) is 0 Å². The van der Waals surface area contributed by atoms with Gasteiger partial charge >= 0.3 is 0 Å². The zero-order valence-electron chi connectivity index (χ0n) is 18.2. The van der Waals surface area contributed by atoms with E-state index in [4.69, 9.17) is 18.9 Å². The molecule has 1 fully saturated rings. The fraction of sp³-hybridized carbons (Fsp3) is 0.435. The van der Waals surface area contributed by atoms with Crippen molar-refractivity contribution in [1.82, 2.24) is 9.80 Å². The van der Waals surface area contributed by atoms with E-state index in [2.05, 4.69) is 9.80 Å². The Balaban J connectivity index is 1.48. The third-order valence-corrected chi connectivity index (χ3v) is 5.32. The number of nitrogens with zero attached hydrogens (tertiary/aromatic N) is 2. The van der Waals surface area contributed by atoms with Crippen molar-refractivity contribution in [2.24, 2.45) is 0 Å². The number of para-hydroxylation sites is 1. The minimum atomic E-state index is -0.349. The Bertz CT molecular complexity index is 859. The minimum Gasteiger partial charge on any atom is -0.493 e. The minimum absolute atomic E-state index is 0.00408. The number of methoxy groups -OCH3 is 3. The summed E-state index contributed by atoms with van der Waals surface area (Å²) < 4.78 is 35.1. The van der Waals surface area contributed by atoms with Crippen molar-refractivity contribution in [1.29, 1.82) is 0 Å². The van der Waals surface area contributed by atoms with Gasteiger partial charge in [0.1, 0.15) is 6.61 Å². The number of ketones is 1. The first-order chi connectivity index (χ1) is 15.0. The summed E-state index contributed by atoms with van der Waals surface area (Å²) in [6.45, 7) is 4.64. The van der Waals surface area contributed by atoms with E-state index in [1.807, 2.05) is 0 Å². The third-order valence-electron chi connectivity index (χ3n) is 5.32. The molecular weight excluding hydrogens is 403 g/mol. The van der Waals surface area contributed by atoms with E-state index in [-0.39, 0.29) is 17.3 Å². The topological polar surface area (TPSA) is 60.5 Å². The third kappa shape index (κ3) is 5.86. The van der Waals surface area contributed by atoms with Gasteiger partial charge in [0, 0.05) is 38.3 Å². The predicted octanol–water partition coefficient (Wildman–Crippen LogP) is 2.73. The zero-order chi connectivity index (χ0) is 22.2. The van der Waals surface area contributed by atoms with Crippen LogP contribution in [0.15, 0.2) is 36.4 Å². The van der Waals surface area contributed by atoms with Gasteiger partial charge in [-0.25, -0.2) is 4.39 Å². The van der Waals surface area contributed by atoms with Gasteiger partial charge in [-0.1, -0.05) is 12.1 Å². The highest BCUT2D eigenvalue weighted by atomic mass is 19.1. The van der Waals surface area contributed by atoms with E-state index in [1.165, 1.54) is 27.4 Å². The lowest BCUT2D eigenvalue weighted by molar-refractivity contribution is 0.0829. The van der Waals surface area contributed by atoms with E-state index in [9.17, 15) is 9.18 Å². The van der Waals surface area contributed by atoms with E-state index >= 15 is 0 Å². The standard InChI is InChI=1S/C23H29FN2O5/c1-28-21-14-17(15-22(29-2)23(21)30-3)19(27)16-26-10-8-25(9-11-26)12-13-31-20-7-5-4-6-18(20)24/h4-7,14-15H,8-13,16H2,1-3H3. The zero-order valence-corrected chi connectivity index (χ0v) is 18.2. The van der Waals surface area contributed by atoms with Crippen LogP contribution in [-0.2, 0) is 0 Å². The van der Waals surface area contributed by atoms with Crippen LogP contribution in [-0.4, -0.2) is 82.8 Å². The van der Waals surface area contributed by atoms with Crippen LogP contribution in [0.3, 0.4) is 0 Å². The predicted molar refractivity (Wildman–Crippen MR) is 115 cm³/mol. The Morgan fingerprint density at radius 3 is 2.10 bits per heavy atom. The van der Waals surface area contributed by atoms with Crippen molar-refractivity contribution in [3.05, 3.63) is 47.8 Å². The largest absolute Gasteiger partial charge is 0.493 e. The first kappa shape index (κ1) is 22.8. The molecule has 8 heteroatoms. The molecule has 0 aliphatic carbocycles. The fourth-order valence-electron chi connectivity index (χ4n) is 3.55. The second-order valence-electron chi connectivity index (χ2n) is 7.23. The van der Waals surface area contributed by atoms with E-state index in [0.29, 0.717) is 42.5 Å². The van der Waals surface area contributed by atoms with Gasteiger partial charge in [-0.3, -0.25) is 14.6 Å². The van der Waals surface area contributed by atoms with E-state index < -0.39 is 0 Å². The summed E-state index contributed by atoms with van der Waals surface area (Å²) in [5, 5.41) is 0. The summed E-state index contributed by atoms with van der Waals surface area (Å²) in [5.74, 6) is 1.31. The molecule has 7 nitrogen and oxygen atoms in total. The lowest BCUT2D eigenvalue weighted by Crippen LogP contribution is -2.48. The number of ether oxygens (including phenoxy) is 4. The molecule has 168 valence electrons. The number of rotatable bonds is 10. The van der Waals surface area contributed by atoms with Gasteiger partial charge in [0.25, 0.3) is 0 Å². The van der Waals surface area contributed by atoms with Gasteiger partial charge < -0.3 is 18.9 Å². The Morgan fingerprint density at radius 1 is 0.903 bits per heavy atom. The van der Waals surface area contributed by atoms with Crippen molar-refractivity contribution in [2.45, 2.75) is 0 Å². The molecule has 0 N–H and O–H groups in total. The van der Waals surface area contributed by atoms with Crippen LogP contribution in [0.5, 0.6) is 23.0 Å². The highest BCUT2D eigenvalue weighted by Crippen LogP contribution is 2.38. The molecule has 31 heavy (non-hydrogen) atoms. The fourth-order valence-corrected chi connectivity index (χ4v) is 3.55. The molecule has 0 unspecified atom stereocenters. The van der Waals surface area contributed by atoms with Crippen LogP contribution < -0.4 is 18.9 Å². The van der Waals surface area contributed by atoms with Crippen molar-refractivity contribution >= 4 is 5.78 Å². The highest BCUT2D eigenvalue weighted by molar-refractivity contribution is 5.98. The Kier molecular flexibility index (Phi) is 8.08. The lowest BCUT2D eigenvalue weighted by atomic mass is 10.1. The molecule has 0 radical (unpaired) electrons. The molecule has 1 aliphatic heterocycles. The molecule has 1 saturated heterocycles. The summed E-state index contributed by atoms with van der Waals surface area (Å²) in [6, 6.07) is 9.77. The molecule has 0 bridgehead atoms. The number of Topliss-reactive ketones (excluding diaryl/α,β-unsaturated/α-hetero) is 1. The monoisotopic (exact) mass is 432 g/mol. The Morgan fingerprint density at radius 2 is 1.52 bits per heavy atom. The first-order valence-corrected chi connectivity index (χ1v) is 10.2. The maximum atomic E-state index is 13.6. The number of hydrogen-bond acceptors (Lipinski definition) is 7. The molecule has 0 amide bonds. The van der Waals surface area contributed by atoms with Gasteiger partial charge in [0.2, 0.25) is 5.75 Å². The van der Waals surface area contributed by atoms with Gasteiger partial charge in [0.05, 0.1) is 27.9 Å². The Hall–Kier alpha value is -2.84.